The number of hydrogen-bond donors (Lipinski definition) is 1. The van der Waals surface area contributed by atoms with Crippen LogP contribution in [0.25, 0.3) is 0 Å². The summed E-state index contributed by atoms with van der Waals surface area (Å²) in [4.78, 5) is 2.22. The lowest BCUT2D eigenvalue weighted by molar-refractivity contribution is -0.0208. The van der Waals surface area contributed by atoms with Crippen molar-refractivity contribution in [2.24, 2.45) is 0 Å². The molecule has 0 spiro atoms. The fourth-order valence-corrected chi connectivity index (χ4v) is 2.60. The van der Waals surface area contributed by atoms with Crippen molar-refractivity contribution >= 4 is 15.9 Å². The van der Waals surface area contributed by atoms with Gasteiger partial charge in [-0.05, 0) is 24.7 Å². The highest BCUT2D eigenvalue weighted by atomic mass is 32.2. The van der Waals surface area contributed by atoms with Gasteiger partial charge in [-0.25, -0.2) is 0 Å². The van der Waals surface area contributed by atoms with Gasteiger partial charge in [-0.15, -0.1) is 0 Å². The summed E-state index contributed by atoms with van der Waals surface area (Å²) in [6.45, 7) is 2.51. The first-order chi connectivity index (χ1) is 9.38. The van der Waals surface area contributed by atoms with E-state index in [4.69, 9.17) is 4.74 Å². The molecule has 0 bridgehead atoms. The monoisotopic (exact) mass is 299 g/mol. The smallest absolute Gasteiger partial charge is 0.301 e. The van der Waals surface area contributed by atoms with Crippen LogP contribution < -0.4 is 4.72 Å². The summed E-state index contributed by atoms with van der Waals surface area (Å²) in [5.41, 5.74) is 1.61. The van der Waals surface area contributed by atoms with Crippen LogP contribution in [0.3, 0.4) is 0 Å². The molecule has 112 valence electrons. The predicted octanol–water partition coefficient (Wildman–Crippen LogP) is 0.908. The molecule has 20 heavy (non-hydrogen) atoms. The lowest BCUT2D eigenvalue weighted by Crippen LogP contribution is -2.35. The molecule has 0 aromatic heterocycles. The number of nitrogens with zero attached hydrogens (tertiary/aromatic N) is 2. The normalized spacial score (nSPS) is 21.1. The van der Waals surface area contributed by atoms with Crippen LogP contribution >= 0.6 is 0 Å². The molecular formula is C13H21N3O3S. The Morgan fingerprint density at radius 3 is 2.50 bits per heavy atom. The quantitative estimate of drug-likeness (QED) is 0.897. The minimum absolute atomic E-state index is 0.0493. The van der Waals surface area contributed by atoms with E-state index in [1.165, 1.54) is 14.1 Å². The Morgan fingerprint density at radius 2 is 1.95 bits per heavy atom. The number of morpholine rings is 1. The topological polar surface area (TPSA) is 61.9 Å². The Kier molecular flexibility index (Phi) is 4.64. The van der Waals surface area contributed by atoms with Gasteiger partial charge in [0, 0.05) is 32.9 Å². The number of benzene rings is 1. The van der Waals surface area contributed by atoms with Crippen LogP contribution in [0.1, 0.15) is 11.7 Å². The van der Waals surface area contributed by atoms with Crippen molar-refractivity contribution in [2.45, 2.75) is 6.10 Å². The fourth-order valence-electron chi connectivity index (χ4n) is 1.99. The van der Waals surface area contributed by atoms with Gasteiger partial charge in [0.25, 0.3) is 0 Å². The number of rotatable bonds is 4. The van der Waals surface area contributed by atoms with E-state index in [1.54, 1.807) is 12.1 Å². The highest BCUT2D eigenvalue weighted by Crippen LogP contribution is 2.23. The zero-order chi connectivity index (χ0) is 14.8. The van der Waals surface area contributed by atoms with Crippen LogP contribution in [0.4, 0.5) is 5.69 Å². The second-order valence-electron chi connectivity index (χ2n) is 5.13. The van der Waals surface area contributed by atoms with E-state index in [0.717, 1.165) is 29.6 Å². The van der Waals surface area contributed by atoms with Crippen molar-refractivity contribution in [3.8, 4) is 0 Å². The van der Waals surface area contributed by atoms with Gasteiger partial charge in [0.05, 0.1) is 12.7 Å². The molecule has 1 aromatic carbocycles. The lowest BCUT2D eigenvalue weighted by Gasteiger charge is -2.30. The number of ether oxygens (including phenoxy) is 1. The van der Waals surface area contributed by atoms with Crippen LogP contribution in [0.2, 0.25) is 0 Å². The van der Waals surface area contributed by atoms with Crippen LogP contribution in [0.5, 0.6) is 0 Å². The third kappa shape index (κ3) is 3.69. The highest BCUT2D eigenvalue weighted by Gasteiger charge is 2.19. The van der Waals surface area contributed by atoms with E-state index >= 15 is 0 Å². The number of nitrogens with one attached hydrogen (secondary N) is 1. The predicted molar refractivity (Wildman–Crippen MR) is 78.9 cm³/mol. The van der Waals surface area contributed by atoms with E-state index < -0.39 is 10.2 Å². The van der Waals surface area contributed by atoms with Gasteiger partial charge < -0.3 is 9.64 Å². The van der Waals surface area contributed by atoms with Crippen LogP contribution in [-0.4, -0.2) is 58.5 Å². The second-order valence-corrected chi connectivity index (χ2v) is 7.02. The van der Waals surface area contributed by atoms with E-state index in [2.05, 4.69) is 16.7 Å². The summed E-state index contributed by atoms with van der Waals surface area (Å²) in [7, 11) is 1.59. The fraction of sp³-hybridized carbons (Fsp3) is 0.538. The van der Waals surface area contributed by atoms with E-state index in [9.17, 15) is 8.42 Å². The number of likely N-dealkylation sites (N-methyl/N-ethyl adjacent to an activating group) is 1. The molecule has 1 fully saturated rings. The first-order valence-corrected chi connectivity index (χ1v) is 7.93. The Bertz CT molecular complexity index is 542. The Balaban J connectivity index is 2.07. The molecule has 0 aliphatic carbocycles. The summed E-state index contributed by atoms with van der Waals surface area (Å²) in [6, 6.07) is 7.32. The standard InChI is InChI=1S/C13H21N3O3S/c1-15(2)20(17,18)14-12-6-4-11(5-7-12)13-10-16(3)8-9-19-13/h4-7,13-14H,8-10H2,1-3H3. The first-order valence-electron chi connectivity index (χ1n) is 6.49. The van der Waals surface area contributed by atoms with E-state index in [1.807, 2.05) is 12.1 Å². The lowest BCUT2D eigenvalue weighted by atomic mass is 10.1. The molecule has 1 aromatic rings. The maximum absolute atomic E-state index is 11.7. The zero-order valence-electron chi connectivity index (χ0n) is 12.0. The Labute approximate surface area is 120 Å². The van der Waals surface area contributed by atoms with E-state index in [0.29, 0.717) is 5.69 Å². The molecule has 7 heteroatoms. The van der Waals surface area contributed by atoms with Gasteiger partial charge in [0.2, 0.25) is 0 Å². The molecule has 1 heterocycles. The maximum atomic E-state index is 11.7. The average molecular weight is 299 g/mol. The third-order valence-electron chi connectivity index (χ3n) is 3.28. The van der Waals surface area contributed by atoms with Crippen molar-refractivity contribution in [1.82, 2.24) is 9.21 Å². The van der Waals surface area contributed by atoms with Crippen LogP contribution in [0, 0.1) is 0 Å². The number of hydrogen-bond acceptors (Lipinski definition) is 4. The Hall–Kier alpha value is -1.15. The molecule has 0 radical (unpaired) electrons. The maximum Gasteiger partial charge on any atom is 0.301 e. The van der Waals surface area contributed by atoms with Crippen LogP contribution in [-0.2, 0) is 14.9 Å². The molecule has 2 rings (SSSR count). The molecule has 0 saturated carbocycles. The summed E-state index contributed by atoms with van der Waals surface area (Å²) < 4.78 is 32.8. The summed E-state index contributed by atoms with van der Waals surface area (Å²) in [5.74, 6) is 0. The summed E-state index contributed by atoms with van der Waals surface area (Å²) in [5, 5.41) is 0. The van der Waals surface area contributed by atoms with Crippen molar-refractivity contribution in [2.75, 3.05) is 45.6 Å². The molecular weight excluding hydrogens is 278 g/mol. The summed E-state index contributed by atoms with van der Waals surface area (Å²) >= 11 is 0. The summed E-state index contributed by atoms with van der Waals surface area (Å²) in [6.07, 6.45) is 0.0493. The van der Waals surface area contributed by atoms with Gasteiger partial charge >= 0.3 is 10.2 Å². The third-order valence-corrected chi connectivity index (χ3v) is 4.73. The first kappa shape index (κ1) is 15.2. The van der Waals surface area contributed by atoms with Gasteiger partial charge in [-0.1, -0.05) is 12.1 Å². The molecule has 1 N–H and O–H groups in total. The SMILES string of the molecule is CN1CCOC(c2ccc(NS(=O)(=O)N(C)C)cc2)C1. The molecule has 1 atom stereocenters. The van der Waals surface area contributed by atoms with Crippen molar-refractivity contribution in [1.29, 1.82) is 0 Å². The van der Waals surface area contributed by atoms with Crippen molar-refractivity contribution < 1.29 is 13.2 Å². The van der Waals surface area contributed by atoms with Crippen molar-refractivity contribution in [3.05, 3.63) is 29.8 Å². The zero-order valence-corrected chi connectivity index (χ0v) is 12.9. The molecule has 6 nitrogen and oxygen atoms in total. The van der Waals surface area contributed by atoms with Crippen molar-refractivity contribution in [3.63, 3.8) is 0 Å². The van der Waals surface area contributed by atoms with Crippen LogP contribution in [0.15, 0.2) is 24.3 Å². The number of anilines is 1. The molecule has 1 aliphatic heterocycles. The molecule has 0 amide bonds. The average Bonchev–Trinajstić information content (AvgIpc) is 2.39. The minimum atomic E-state index is -3.45. The largest absolute Gasteiger partial charge is 0.371 e. The van der Waals surface area contributed by atoms with Gasteiger partial charge in [0.15, 0.2) is 0 Å². The second kappa shape index (κ2) is 6.09. The Morgan fingerprint density at radius 1 is 1.30 bits per heavy atom. The molecule has 1 unspecified atom stereocenters. The highest BCUT2D eigenvalue weighted by molar-refractivity contribution is 7.90. The molecule has 1 saturated heterocycles. The van der Waals surface area contributed by atoms with E-state index in [-0.39, 0.29) is 6.10 Å². The van der Waals surface area contributed by atoms with Gasteiger partial charge in [-0.2, -0.15) is 12.7 Å². The minimum Gasteiger partial charge on any atom is -0.371 e. The molecule has 1 aliphatic rings. The van der Waals surface area contributed by atoms with Gasteiger partial charge in [0.1, 0.15) is 0 Å². The van der Waals surface area contributed by atoms with Gasteiger partial charge in [-0.3, -0.25) is 4.72 Å².